The minimum atomic E-state index is 0.521. The molecule has 2 heterocycles. The van der Waals surface area contributed by atoms with Gasteiger partial charge in [0.15, 0.2) is 0 Å². The van der Waals surface area contributed by atoms with Crippen LogP contribution in [0.4, 0.5) is 0 Å². The number of hydrogen-bond donors (Lipinski definition) is 0. The lowest BCUT2D eigenvalue weighted by Gasteiger charge is -2.17. The molecule has 1 fully saturated rings. The Hall–Kier alpha value is -0.960. The predicted octanol–water partition coefficient (Wildman–Crippen LogP) is 2.27. The van der Waals surface area contributed by atoms with Gasteiger partial charge in [-0.15, -0.1) is 0 Å². The van der Waals surface area contributed by atoms with Crippen LogP contribution in [0.25, 0.3) is 0 Å². The van der Waals surface area contributed by atoms with Gasteiger partial charge in [-0.25, -0.2) is 9.97 Å². The Balaban J connectivity index is 0.000000461. The van der Waals surface area contributed by atoms with Crippen molar-refractivity contribution < 1.29 is 0 Å². The summed E-state index contributed by atoms with van der Waals surface area (Å²) >= 11 is 0. The molecule has 0 radical (unpaired) electrons. The van der Waals surface area contributed by atoms with Gasteiger partial charge in [0.25, 0.3) is 0 Å². The van der Waals surface area contributed by atoms with E-state index in [0.717, 1.165) is 5.69 Å². The lowest BCUT2D eigenvalue weighted by Crippen LogP contribution is -2.18. The Bertz CT molecular complexity index is 248. The maximum absolute atomic E-state index is 4.26. The van der Waals surface area contributed by atoms with E-state index in [1.54, 1.807) is 6.33 Å². The average Bonchev–Trinajstić information content (AvgIpc) is 2.69. The highest BCUT2D eigenvalue weighted by molar-refractivity contribution is 5.06. The molecular weight excluding hydrogens is 174 g/mol. The first-order valence-electron chi connectivity index (χ1n) is 5.34. The van der Waals surface area contributed by atoms with Crippen LogP contribution >= 0.6 is 0 Å². The maximum atomic E-state index is 4.26. The van der Waals surface area contributed by atoms with Gasteiger partial charge in [0.2, 0.25) is 0 Å². The largest absolute Gasteiger partial charge is 0.298 e. The average molecular weight is 193 g/mol. The number of rotatable bonds is 1. The van der Waals surface area contributed by atoms with E-state index in [4.69, 9.17) is 0 Å². The van der Waals surface area contributed by atoms with Crippen molar-refractivity contribution in [2.75, 3.05) is 13.6 Å². The summed E-state index contributed by atoms with van der Waals surface area (Å²) in [5.41, 5.74) is 1.16. The number of hydrogen-bond acceptors (Lipinski definition) is 3. The summed E-state index contributed by atoms with van der Waals surface area (Å²) < 4.78 is 0. The Morgan fingerprint density at radius 1 is 1.43 bits per heavy atom. The molecule has 0 N–H and O–H groups in total. The van der Waals surface area contributed by atoms with Crippen molar-refractivity contribution in [1.82, 2.24) is 14.9 Å². The highest BCUT2D eigenvalue weighted by Crippen LogP contribution is 2.27. The maximum Gasteiger partial charge on any atom is 0.115 e. The zero-order chi connectivity index (χ0) is 10.4. The standard InChI is InChI=1S/C9H13N3.C2H6/c1-12-6-2-3-9(12)8-4-5-10-7-11-8;1-2/h4-5,7,9H,2-3,6H2,1H3;1-2H3. The van der Waals surface area contributed by atoms with Gasteiger partial charge in [0, 0.05) is 6.20 Å². The van der Waals surface area contributed by atoms with E-state index in [9.17, 15) is 0 Å². The van der Waals surface area contributed by atoms with E-state index in [1.807, 2.05) is 26.1 Å². The van der Waals surface area contributed by atoms with Crippen molar-refractivity contribution in [3.05, 3.63) is 24.3 Å². The predicted molar refractivity (Wildman–Crippen MR) is 58.0 cm³/mol. The molecule has 0 aliphatic carbocycles. The third kappa shape index (κ3) is 2.51. The SMILES string of the molecule is CC.CN1CCCC1c1ccncn1. The molecule has 14 heavy (non-hydrogen) atoms. The van der Waals surface area contributed by atoms with Gasteiger partial charge < -0.3 is 0 Å². The van der Waals surface area contributed by atoms with Crippen LogP contribution in [0.15, 0.2) is 18.6 Å². The van der Waals surface area contributed by atoms with Gasteiger partial charge in [-0.2, -0.15) is 0 Å². The smallest absolute Gasteiger partial charge is 0.115 e. The Morgan fingerprint density at radius 3 is 2.71 bits per heavy atom. The quantitative estimate of drug-likeness (QED) is 0.685. The first-order chi connectivity index (χ1) is 6.88. The van der Waals surface area contributed by atoms with E-state index in [1.165, 1.54) is 19.4 Å². The fraction of sp³-hybridized carbons (Fsp3) is 0.636. The van der Waals surface area contributed by atoms with Crippen LogP contribution in [0.5, 0.6) is 0 Å². The summed E-state index contributed by atoms with van der Waals surface area (Å²) in [6.07, 6.45) is 5.95. The van der Waals surface area contributed by atoms with E-state index in [2.05, 4.69) is 21.9 Å². The lowest BCUT2D eigenvalue weighted by molar-refractivity contribution is 0.311. The molecule has 1 aliphatic rings. The molecule has 1 unspecified atom stereocenters. The second-order valence-corrected chi connectivity index (χ2v) is 3.27. The Kier molecular flexibility index (Phi) is 4.53. The molecular formula is C11H19N3. The Labute approximate surface area is 86.2 Å². The van der Waals surface area contributed by atoms with Crippen LogP contribution < -0.4 is 0 Å². The van der Waals surface area contributed by atoms with Crippen LogP contribution in [-0.4, -0.2) is 28.5 Å². The highest BCUT2D eigenvalue weighted by atomic mass is 15.2. The van der Waals surface area contributed by atoms with Crippen molar-refractivity contribution in [3.63, 3.8) is 0 Å². The van der Waals surface area contributed by atoms with Gasteiger partial charge >= 0.3 is 0 Å². The molecule has 0 bridgehead atoms. The van der Waals surface area contributed by atoms with Crippen LogP contribution in [-0.2, 0) is 0 Å². The molecule has 0 spiro atoms. The number of aromatic nitrogens is 2. The van der Waals surface area contributed by atoms with Gasteiger partial charge in [0.1, 0.15) is 6.33 Å². The molecule has 1 saturated heterocycles. The lowest BCUT2D eigenvalue weighted by atomic mass is 10.1. The second kappa shape index (κ2) is 5.70. The molecule has 3 nitrogen and oxygen atoms in total. The molecule has 78 valence electrons. The minimum absolute atomic E-state index is 0.521. The molecule has 1 aromatic rings. The summed E-state index contributed by atoms with van der Waals surface area (Å²) in [7, 11) is 2.15. The van der Waals surface area contributed by atoms with Crippen molar-refractivity contribution in [3.8, 4) is 0 Å². The van der Waals surface area contributed by atoms with E-state index >= 15 is 0 Å². The zero-order valence-corrected chi connectivity index (χ0v) is 9.27. The van der Waals surface area contributed by atoms with Crippen LogP contribution in [0.3, 0.4) is 0 Å². The van der Waals surface area contributed by atoms with E-state index < -0.39 is 0 Å². The van der Waals surface area contributed by atoms with Crippen LogP contribution in [0.1, 0.15) is 38.4 Å². The molecule has 1 aromatic heterocycles. The monoisotopic (exact) mass is 193 g/mol. The Morgan fingerprint density at radius 2 is 2.21 bits per heavy atom. The highest BCUT2D eigenvalue weighted by Gasteiger charge is 2.22. The summed E-state index contributed by atoms with van der Waals surface area (Å²) in [6.45, 7) is 5.19. The molecule has 1 atom stereocenters. The molecule has 1 aliphatic heterocycles. The minimum Gasteiger partial charge on any atom is -0.298 e. The molecule has 0 aromatic carbocycles. The fourth-order valence-corrected chi connectivity index (χ4v) is 1.78. The van der Waals surface area contributed by atoms with Crippen molar-refractivity contribution in [2.24, 2.45) is 0 Å². The van der Waals surface area contributed by atoms with Gasteiger partial charge in [-0.05, 0) is 32.5 Å². The van der Waals surface area contributed by atoms with Crippen molar-refractivity contribution >= 4 is 0 Å². The molecule has 3 heteroatoms. The van der Waals surface area contributed by atoms with Gasteiger partial charge in [-0.1, -0.05) is 13.8 Å². The van der Waals surface area contributed by atoms with Gasteiger partial charge in [-0.3, -0.25) is 4.90 Å². The topological polar surface area (TPSA) is 29.0 Å². The molecule has 0 saturated carbocycles. The number of nitrogens with zero attached hydrogens (tertiary/aromatic N) is 3. The summed E-state index contributed by atoms with van der Waals surface area (Å²) in [5.74, 6) is 0. The second-order valence-electron chi connectivity index (χ2n) is 3.27. The van der Waals surface area contributed by atoms with Crippen molar-refractivity contribution in [1.29, 1.82) is 0 Å². The normalized spacial score (nSPS) is 21.5. The summed E-state index contributed by atoms with van der Waals surface area (Å²) in [6, 6.07) is 2.53. The van der Waals surface area contributed by atoms with Gasteiger partial charge in [0.05, 0.1) is 11.7 Å². The third-order valence-electron chi connectivity index (χ3n) is 2.47. The van der Waals surface area contributed by atoms with E-state index in [0.29, 0.717) is 6.04 Å². The van der Waals surface area contributed by atoms with Crippen LogP contribution in [0, 0.1) is 0 Å². The van der Waals surface area contributed by atoms with Crippen LogP contribution in [0.2, 0.25) is 0 Å². The van der Waals surface area contributed by atoms with Crippen molar-refractivity contribution in [2.45, 2.75) is 32.7 Å². The number of likely N-dealkylation sites (tertiary alicyclic amines) is 1. The summed E-state index contributed by atoms with van der Waals surface area (Å²) in [4.78, 5) is 10.5. The summed E-state index contributed by atoms with van der Waals surface area (Å²) in [5, 5.41) is 0. The first kappa shape index (κ1) is 11.1. The molecule has 0 amide bonds. The zero-order valence-electron chi connectivity index (χ0n) is 9.27. The molecule has 2 rings (SSSR count). The third-order valence-corrected chi connectivity index (χ3v) is 2.47. The fourth-order valence-electron chi connectivity index (χ4n) is 1.78. The first-order valence-corrected chi connectivity index (χ1v) is 5.34. The van der Waals surface area contributed by atoms with E-state index in [-0.39, 0.29) is 0 Å².